The van der Waals surface area contributed by atoms with Gasteiger partial charge in [-0.25, -0.2) is 0 Å². The van der Waals surface area contributed by atoms with Crippen molar-refractivity contribution in [2.75, 3.05) is 4.90 Å². The maximum absolute atomic E-state index is 2.63. The Morgan fingerprint density at radius 2 is 2.10 bits per heavy atom. The molecule has 3 unspecified atom stereocenters. The first kappa shape index (κ1) is 12.3. The topological polar surface area (TPSA) is 3.24 Å². The van der Waals surface area contributed by atoms with Crippen LogP contribution in [-0.2, 0) is 0 Å². The van der Waals surface area contributed by atoms with Gasteiger partial charge in [0, 0.05) is 23.3 Å². The van der Waals surface area contributed by atoms with E-state index in [9.17, 15) is 0 Å². The van der Waals surface area contributed by atoms with Crippen molar-refractivity contribution in [3.63, 3.8) is 0 Å². The first-order valence-corrected chi connectivity index (χ1v) is 8.02. The van der Waals surface area contributed by atoms with Gasteiger partial charge in [-0.1, -0.05) is 43.2 Å². The second kappa shape index (κ2) is 4.51. The highest BCUT2D eigenvalue weighted by atomic mass is 15.2. The van der Waals surface area contributed by atoms with Gasteiger partial charge in [0.25, 0.3) is 0 Å². The second-order valence-corrected chi connectivity index (χ2v) is 6.74. The van der Waals surface area contributed by atoms with Crippen LogP contribution < -0.4 is 4.90 Å². The third-order valence-electron chi connectivity index (χ3n) is 5.23. The van der Waals surface area contributed by atoms with Gasteiger partial charge < -0.3 is 4.90 Å². The van der Waals surface area contributed by atoms with Crippen LogP contribution in [0.4, 0.5) is 5.69 Å². The van der Waals surface area contributed by atoms with E-state index < -0.39 is 0 Å². The number of hydrogen-bond acceptors (Lipinski definition) is 1. The smallest absolute Gasteiger partial charge is 0.0449 e. The van der Waals surface area contributed by atoms with E-state index in [4.69, 9.17) is 0 Å². The highest BCUT2D eigenvalue weighted by molar-refractivity contribution is 5.68. The largest absolute Gasteiger partial charge is 0.338 e. The number of nitrogens with zero attached hydrogens (tertiary/aromatic N) is 1. The molecule has 3 aliphatic rings. The van der Waals surface area contributed by atoms with Crippen LogP contribution in [0, 0.1) is 12.8 Å². The van der Waals surface area contributed by atoms with Gasteiger partial charge in [0.15, 0.2) is 0 Å². The Labute approximate surface area is 122 Å². The van der Waals surface area contributed by atoms with Crippen LogP contribution in [0.5, 0.6) is 0 Å². The lowest BCUT2D eigenvalue weighted by Crippen LogP contribution is -2.30. The lowest BCUT2D eigenvalue weighted by atomic mass is 9.96. The van der Waals surface area contributed by atoms with E-state index in [-0.39, 0.29) is 0 Å². The van der Waals surface area contributed by atoms with Gasteiger partial charge >= 0.3 is 0 Å². The molecule has 4 rings (SSSR count). The van der Waals surface area contributed by atoms with E-state index in [1.807, 2.05) is 0 Å². The maximum Gasteiger partial charge on any atom is 0.0449 e. The molecule has 0 saturated heterocycles. The molecule has 20 heavy (non-hydrogen) atoms. The zero-order chi connectivity index (χ0) is 13.7. The molecular formula is C19H23N. The van der Waals surface area contributed by atoms with Crippen molar-refractivity contribution < 1.29 is 0 Å². The van der Waals surface area contributed by atoms with Crippen molar-refractivity contribution >= 4 is 5.69 Å². The zero-order valence-electron chi connectivity index (χ0n) is 12.5. The van der Waals surface area contributed by atoms with E-state index in [0.29, 0.717) is 12.0 Å². The van der Waals surface area contributed by atoms with Crippen molar-refractivity contribution in [3.05, 3.63) is 53.3 Å². The van der Waals surface area contributed by atoms with Crippen molar-refractivity contribution in [1.29, 1.82) is 0 Å². The molecule has 1 nitrogen and oxygen atoms in total. The van der Waals surface area contributed by atoms with Crippen molar-refractivity contribution in [1.82, 2.24) is 0 Å². The van der Waals surface area contributed by atoms with Crippen molar-refractivity contribution in [3.8, 4) is 0 Å². The molecule has 0 N–H and O–H groups in total. The first-order chi connectivity index (χ1) is 9.74. The third kappa shape index (κ3) is 1.76. The van der Waals surface area contributed by atoms with Gasteiger partial charge in [0.1, 0.15) is 0 Å². The second-order valence-electron chi connectivity index (χ2n) is 6.74. The molecule has 0 spiro atoms. The zero-order valence-corrected chi connectivity index (χ0v) is 12.5. The molecule has 0 radical (unpaired) electrons. The Bertz CT molecular complexity index is 596. The van der Waals surface area contributed by atoms with Crippen LogP contribution in [-0.4, -0.2) is 6.04 Å². The van der Waals surface area contributed by atoms with Crippen LogP contribution >= 0.6 is 0 Å². The van der Waals surface area contributed by atoms with Crippen LogP contribution in [0.2, 0.25) is 0 Å². The molecule has 3 atom stereocenters. The lowest BCUT2D eigenvalue weighted by molar-refractivity contribution is 0.623. The Kier molecular flexibility index (Phi) is 2.76. The molecule has 2 aliphatic carbocycles. The summed E-state index contributed by atoms with van der Waals surface area (Å²) in [6.07, 6.45) is 12.4. The molecule has 1 fully saturated rings. The molecule has 1 saturated carbocycles. The standard InChI is InChI=1S/C19H23N/c1-13-6-9-15(10-7-13)20-18-5-3-4-16(18)17-12-14(2)8-11-19(17)20/h6,8-13,16,18H,3-5,7H2,1-2H3. The number of fused-ring (bicyclic) bond motifs is 3. The van der Waals surface area contributed by atoms with Crippen molar-refractivity contribution in [2.24, 2.45) is 5.92 Å². The minimum absolute atomic E-state index is 0.693. The Hall–Kier alpha value is -1.50. The number of benzene rings is 1. The minimum atomic E-state index is 0.693. The molecule has 1 heteroatoms. The number of rotatable bonds is 1. The molecule has 104 valence electrons. The van der Waals surface area contributed by atoms with Crippen molar-refractivity contribution in [2.45, 2.75) is 51.5 Å². The molecule has 1 aliphatic heterocycles. The van der Waals surface area contributed by atoms with Gasteiger partial charge in [-0.3, -0.25) is 0 Å². The fourth-order valence-corrected chi connectivity index (χ4v) is 4.21. The summed E-state index contributed by atoms with van der Waals surface area (Å²) in [5.41, 5.74) is 5.90. The summed E-state index contributed by atoms with van der Waals surface area (Å²) in [5, 5.41) is 0. The number of allylic oxidation sites excluding steroid dienone is 3. The van der Waals surface area contributed by atoms with Crippen LogP contribution in [0.15, 0.2) is 42.1 Å². The fraction of sp³-hybridized carbons (Fsp3) is 0.474. The number of hydrogen-bond donors (Lipinski definition) is 0. The normalized spacial score (nSPS) is 31.2. The third-order valence-corrected chi connectivity index (χ3v) is 5.23. The summed E-state index contributed by atoms with van der Waals surface area (Å²) in [6.45, 7) is 4.51. The summed E-state index contributed by atoms with van der Waals surface area (Å²) in [6, 6.07) is 7.74. The molecule has 1 aromatic carbocycles. The predicted octanol–water partition coefficient (Wildman–Crippen LogP) is 4.93. The van der Waals surface area contributed by atoms with Gasteiger partial charge in [-0.2, -0.15) is 0 Å². The van der Waals surface area contributed by atoms with E-state index in [1.165, 1.54) is 42.6 Å². The van der Waals surface area contributed by atoms with Gasteiger partial charge in [-0.05, 0) is 49.8 Å². The Morgan fingerprint density at radius 1 is 1.20 bits per heavy atom. The molecule has 0 aromatic heterocycles. The molecule has 1 heterocycles. The fourth-order valence-electron chi connectivity index (χ4n) is 4.21. The van der Waals surface area contributed by atoms with Gasteiger partial charge in [-0.15, -0.1) is 0 Å². The van der Waals surface area contributed by atoms with Gasteiger partial charge in [0.2, 0.25) is 0 Å². The van der Waals surface area contributed by atoms with Gasteiger partial charge in [0.05, 0.1) is 0 Å². The SMILES string of the molecule is Cc1ccc2c(c1)C1CCCC1N2C1=CCC(C)C=C1. The average molecular weight is 265 g/mol. The van der Waals surface area contributed by atoms with E-state index in [2.05, 4.69) is 55.2 Å². The first-order valence-electron chi connectivity index (χ1n) is 8.02. The van der Waals surface area contributed by atoms with E-state index in [1.54, 1.807) is 5.56 Å². The minimum Gasteiger partial charge on any atom is -0.338 e. The molecule has 0 bridgehead atoms. The number of anilines is 1. The summed E-state index contributed by atoms with van der Waals surface area (Å²) in [4.78, 5) is 2.63. The lowest BCUT2D eigenvalue weighted by Gasteiger charge is -2.30. The molecule has 0 amide bonds. The summed E-state index contributed by atoms with van der Waals surface area (Å²) in [7, 11) is 0. The molecular weight excluding hydrogens is 242 g/mol. The summed E-state index contributed by atoms with van der Waals surface area (Å²) in [5.74, 6) is 1.46. The number of aryl methyl sites for hydroxylation is 1. The maximum atomic E-state index is 2.63. The van der Waals surface area contributed by atoms with Crippen LogP contribution in [0.25, 0.3) is 0 Å². The van der Waals surface area contributed by atoms with E-state index >= 15 is 0 Å². The average Bonchev–Trinajstić information content (AvgIpc) is 3.01. The van der Waals surface area contributed by atoms with E-state index in [0.717, 1.165) is 5.92 Å². The summed E-state index contributed by atoms with van der Waals surface area (Å²) >= 11 is 0. The predicted molar refractivity (Wildman–Crippen MR) is 85.0 cm³/mol. The highest BCUT2D eigenvalue weighted by Gasteiger charge is 2.42. The Morgan fingerprint density at radius 3 is 2.90 bits per heavy atom. The quantitative estimate of drug-likeness (QED) is 0.696. The highest BCUT2D eigenvalue weighted by Crippen LogP contribution is 2.51. The Balaban J connectivity index is 1.79. The van der Waals surface area contributed by atoms with Crippen LogP contribution in [0.1, 0.15) is 49.7 Å². The summed E-state index contributed by atoms with van der Waals surface area (Å²) < 4.78 is 0. The monoisotopic (exact) mass is 265 g/mol. The van der Waals surface area contributed by atoms with Crippen LogP contribution in [0.3, 0.4) is 0 Å². The molecule has 1 aromatic rings.